The van der Waals surface area contributed by atoms with Gasteiger partial charge in [0.05, 0.1) is 11.2 Å². The zero-order valence-corrected chi connectivity index (χ0v) is 9.24. The highest BCUT2D eigenvalue weighted by Crippen LogP contribution is 2.33. The van der Waals surface area contributed by atoms with Gasteiger partial charge in [0.1, 0.15) is 0 Å². The molecule has 1 aliphatic rings. The number of hydrogen-bond donors (Lipinski definition) is 1. The molecule has 4 nitrogen and oxygen atoms in total. The Kier molecular flexibility index (Phi) is 2.14. The van der Waals surface area contributed by atoms with E-state index in [0.29, 0.717) is 0 Å². The molecule has 15 heavy (non-hydrogen) atoms. The van der Waals surface area contributed by atoms with E-state index < -0.39 is 0 Å². The molecule has 1 N–H and O–H groups in total. The van der Waals surface area contributed by atoms with Crippen LogP contribution in [0, 0.1) is 0 Å². The van der Waals surface area contributed by atoms with Crippen molar-refractivity contribution in [1.29, 1.82) is 0 Å². The van der Waals surface area contributed by atoms with Crippen LogP contribution in [0.25, 0.3) is 0 Å². The zero-order chi connectivity index (χ0) is 11.1. The Labute approximate surface area is 89.3 Å². The summed E-state index contributed by atoms with van der Waals surface area (Å²) in [6.07, 6.45) is 1.71. The van der Waals surface area contributed by atoms with Crippen molar-refractivity contribution < 1.29 is 4.79 Å². The molecule has 0 unspecified atom stereocenters. The fourth-order valence-electron chi connectivity index (χ4n) is 1.97. The number of fused-ring (bicyclic) bond motifs is 1. The standard InChI is InChI=1S/C11H15N3O/c1-8(15)14-10-9(5-4-6-12-10)13-7-11(14,2)3/h4-6,13H,7H2,1-3H3. The number of carbonyl (C=O) groups excluding carboxylic acids is 1. The Hall–Kier alpha value is -1.58. The number of rotatable bonds is 0. The fraction of sp³-hybridized carbons (Fsp3) is 0.455. The van der Waals surface area contributed by atoms with E-state index in [0.717, 1.165) is 18.1 Å². The number of pyridine rings is 1. The second-order valence-electron chi connectivity index (χ2n) is 4.39. The Morgan fingerprint density at radius 3 is 3.00 bits per heavy atom. The van der Waals surface area contributed by atoms with Gasteiger partial charge in [0.15, 0.2) is 5.82 Å². The van der Waals surface area contributed by atoms with Crippen LogP contribution in [-0.4, -0.2) is 23.0 Å². The molecule has 1 aromatic rings. The predicted octanol–water partition coefficient (Wildman–Crippen LogP) is 1.64. The monoisotopic (exact) mass is 205 g/mol. The summed E-state index contributed by atoms with van der Waals surface area (Å²) in [5.41, 5.74) is 0.694. The molecule has 0 aliphatic carbocycles. The molecule has 0 aromatic carbocycles. The van der Waals surface area contributed by atoms with Crippen LogP contribution in [0.2, 0.25) is 0 Å². The minimum absolute atomic E-state index is 0.0291. The highest BCUT2D eigenvalue weighted by molar-refractivity contribution is 5.96. The van der Waals surface area contributed by atoms with E-state index in [4.69, 9.17) is 0 Å². The first kappa shape index (κ1) is 9.96. The van der Waals surface area contributed by atoms with Crippen LogP contribution in [0.3, 0.4) is 0 Å². The summed E-state index contributed by atoms with van der Waals surface area (Å²) >= 11 is 0. The number of carbonyl (C=O) groups is 1. The van der Waals surface area contributed by atoms with Crippen molar-refractivity contribution in [2.24, 2.45) is 0 Å². The Bertz CT molecular complexity index is 401. The van der Waals surface area contributed by atoms with Gasteiger partial charge in [-0.3, -0.25) is 9.69 Å². The van der Waals surface area contributed by atoms with Crippen LogP contribution in [0.15, 0.2) is 18.3 Å². The van der Waals surface area contributed by atoms with Crippen molar-refractivity contribution in [3.63, 3.8) is 0 Å². The van der Waals surface area contributed by atoms with Crippen LogP contribution in [0.1, 0.15) is 20.8 Å². The van der Waals surface area contributed by atoms with E-state index >= 15 is 0 Å². The van der Waals surface area contributed by atoms with Crippen molar-refractivity contribution in [2.45, 2.75) is 26.3 Å². The van der Waals surface area contributed by atoms with Gasteiger partial charge in [-0.25, -0.2) is 4.98 Å². The number of anilines is 2. The molecule has 1 amide bonds. The van der Waals surface area contributed by atoms with Gasteiger partial charge in [-0.15, -0.1) is 0 Å². The molecule has 0 fully saturated rings. The number of nitrogens with zero attached hydrogens (tertiary/aromatic N) is 2. The van der Waals surface area contributed by atoms with Gasteiger partial charge >= 0.3 is 0 Å². The third kappa shape index (κ3) is 1.56. The van der Waals surface area contributed by atoms with E-state index in [1.54, 1.807) is 18.0 Å². The highest BCUT2D eigenvalue weighted by atomic mass is 16.2. The molecule has 0 spiro atoms. The predicted molar refractivity (Wildman–Crippen MR) is 60.0 cm³/mol. The molecule has 4 heteroatoms. The summed E-state index contributed by atoms with van der Waals surface area (Å²) in [6.45, 7) is 6.37. The minimum Gasteiger partial charge on any atom is -0.380 e. The summed E-state index contributed by atoms with van der Waals surface area (Å²) in [5.74, 6) is 0.753. The van der Waals surface area contributed by atoms with Crippen molar-refractivity contribution in [3.8, 4) is 0 Å². The van der Waals surface area contributed by atoms with Crippen LogP contribution < -0.4 is 10.2 Å². The lowest BCUT2D eigenvalue weighted by atomic mass is 9.99. The molecule has 2 heterocycles. The molecule has 0 saturated carbocycles. The van der Waals surface area contributed by atoms with Gasteiger partial charge in [0.2, 0.25) is 5.91 Å². The van der Waals surface area contributed by atoms with Gasteiger partial charge in [0.25, 0.3) is 0 Å². The van der Waals surface area contributed by atoms with Crippen LogP contribution in [-0.2, 0) is 4.79 Å². The summed E-state index contributed by atoms with van der Waals surface area (Å²) in [7, 11) is 0. The Balaban J connectivity index is 2.53. The van der Waals surface area contributed by atoms with Crippen molar-refractivity contribution in [2.75, 3.05) is 16.8 Å². The lowest BCUT2D eigenvalue weighted by Gasteiger charge is -2.42. The van der Waals surface area contributed by atoms with Gasteiger partial charge in [-0.2, -0.15) is 0 Å². The van der Waals surface area contributed by atoms with E-state index in [2.05, 4.69) is 10.3 Å². The Morgan fingerprint density at radius 2 is 2.33 bits per heavy atom. The molecule has 1 aromatic heterocycles. The first-order valence-corrected chi connectivity index (χ1v) is 5.02. The molecule has 80 valence electrons. The molecular weight excluding hydrogens is 190 g/mol. The smallest absolute Gasteiger partial charge is 0.225 e. The van der Waals surface area contributed by atoms with Gasteiger partial charge in [-0.1, -0.05) is 0 Å². The number of aromatic nitrogens is 1. The number of hydrogen-bond acceptors (Lipinski definition) is 3. The normalized spacial score (nSPS) is 17.9. The SMILES string of the molecule is CC(=O)N1c2ncccc2NCC1(C)C. The summed E-state index contributed by atoms with van der Waals surface area (Å²) in [4.78, 5) is 17.6. The molecule has 0 saturated heterocycles. The van der Waals surface area contributed by atoms with Crippen LogP contribution in [0.5, 0.6) is 0 Å². The summed E-state index contributed by atoms with van der Waals surface area (Å²) in [6, 6.07) is 3.80. The molecular formula is C11H15N3O. The van der Waals surface area contributed by atoms with Gasteiger partial charge in [-0.05, 0) is 26.0 Å². The second kappa shape index (κ2) is 3.22. The van der Waals surface area contributed by atoms with E-state index in [1.807, 2.05) is 26.0 Å². The maximum absolute atomic E-state index is 11.6. The maximum Gasteiger partial charge on any atom is 0.225 e. The maximum atomic E-state index is 11.6. The quantitative estimate of drug-likeness (QED) is 0.700. The zero-order valence-electron chi connectivity index (χ0n) is 9.24. The Morgan fingerprint density at radius 1 is 1.60 bits per heavy atom. The van der Waals surface area contributed by atoms with Crippen molar-refractivity contribution >= 4 is 17.4 Å². The van der Waals surface area contributed by atoms with Gasteiger partial charge < -0.3 is 5.32 Å². The largest absolute Gasteiger partial charge is 0.380 e. The van der Waals surface area contributed by atoms with E-state index in [1.165, 1.54) is 0 Å². The molecule has 0 radical (unpaired) electrons. The lowest BCUT2D eigenvalue weighted by molar-refractivity contribution is -0.117. The highest BCUT2D eigenvalue weighted by Gasteiger charge is 2.36. The topological polar surface area (TPSA) is 45.2 Å². The number of nitrogens with one attached hydrogen (secondary N) is 1. The molecule has 2 rings (SSSR count). The third-order valence-electron chi connectivity index (χ3n) is 2.63. The molecule has 0 bridgehead atoms. The first-order valence-electron chi connectivity index (χ1n) is 5.02. The first-order chi connectivity index (χ1) is 7.02. The molecule has 1 aliphatic heterocycles. The van der Waals surface area contributed by atoms with Crippen molar-refractivity contribution in [3.05, 3.63) is 18.3 Å². The van der Waals surface area contributed by atoms with Crippen LogP contribution >= 0.6 is 0 Å². The second-order valence-corrected chi connectivity index (χ2v) is 4.39. The van der Waals surface area contributed by atoms with E-state index in [9.17, 15) is 4.79 Å². The lowest BCUT2D eigenvalue weighted by Crippen LogP contribution is -2.54. The average molecular weight is 205 g/mol. The average Bonchev–Trinajstić information content (AvgIpc) is 2.15. The van der Waals surface area contributed by atoms with E-state index in [-0.39, 0.29) is 11.4 Å². The summed E-state index contributed by atoms with van der Waals surface area (Å²) < 4.78 is 0. The summed E-state index contributed by atoms with van der Waals surface area (Å²) in [5, 5.41) is 3.28. The van der Waals surface area contributed by atoms with Gasteiger partial charge in [0, 0.05) is 19.7 Å². The fourth-order valence-corrected chi connectivity index (χ4v) is 1.97. The third-order valence-corrected chi connectivity index (χ3v) is 2.63. The van der Waals surface area contributed by atoms with Crippen molar-refractivity contribution in [1.82, 2.24) is 4.98 Å². The molecule has 0 atom stereocenters. The van der Waals surface area contributed by atoms with Crippen LogP contribution in [0.4, 0.5) is 11.5 Å². The minimum atomic E-state index is -0.229. The number of amides is 1.